The van der Waals surface area contributed by atoms with Crippen molar-refractivity contribution in [2.45, 2.75) is 82.5 Å². The predicted molar refractivity (Wildman–Crippen MR) is 257 cm³/mol. The van der Waals surface area contributed by atoms with E-state index in [9.17, 15) is 48.6 Å². The summed E-state index contributed by atoms with van der Waals surface area (Å²) in [6.45, 7) is 0.758. The van der Waals surface area contributed by atoms with Crippen LogP contribution in [0.4, 0.5) is 0 Å². The second-order valence-corrected chi connectivity index (χ2v) is 18.3. The van der Waals surface area contributed by atoms with E-state index < -0.39 is 85.2 Å². The van der Waals surface area contributed by atoms with Crippen molar-refractivity contribution in [2.24, 2.45) is 11.5 Å². The molecule has 67 heavy (non-hydrogen) atoms. The van der Waals surface area contributed by atoms with Crippen LogP contribution in [0.2, 0.25) is 0 Å². The highest BCUT2D eigenvalue weighted by Gasteiger charge is 2.29. The van der Waals surface area contributed by atoms with E-state index in [1.165, 1.54) is 58.5 Å². The van der Waals surface area contributed by atoms with Gasteiger partial charge in [0.15, 0.2) is 0 Å². The Labute approximate surface area is 398 Å². The molecular weight excluding hydrogens is 903 g/mol. The van der Waals surface area contributed by atoms with E-state index >= 15 is 0 Å². The van der Waals surface area contributed by atoms with Gasteiger partial charge in [-0.15, -0.1) is 0 Å². The van der Waals surface area contributed by atoms with Gasteiger partial charge in [0.05, 0.1) is 19.6 Å². The zero-order chi connectivity index (χ0) is 49.3. The zero-order valence-corrected chi connectivity index (χ0v) is 39.6. The summed E-state index contributed by atoms with van der Waals surface area (Å²) in [6, 6.07) is 15.5. The molecule has 0 fully saturated rings. The number of benzene rings is 3. The number of nitrogens with zero attached hydrogens (tertiary/aromatic N) is 1. The van der Waals surface area contributed by atoms with Crippen LogP contribution in [0.25, 0.3) is 0 Å². The molecule has 0 aliphatic heterocycles. The second-order valence-electron chi connectivity index (χ2n) is 15.7. The van der Waals surface area contributed by atoms with Gasteiger partial charge in [0, 0.05) is 32.1 Å². The van der Waals surface area contributed by atoms with E-state index in [1.807, 2.05) is 30.5 Å². The number of carbonyl (C=O) groups excluding carboxylic acids is 8. The van der Waals surface area contributed by atoms with E-state index in [1.54, 1.807) is 24.3 Å². The number of nitrogens with one attached hydrogen (secondary N) is 6. The molecule has 0 saturated heterocycles. The third-order valence-electron chi connectivity index (χ3n) is 10.4. The molecule has 364 valence electrons. The number of primary amides is 1. The number of unbranched alkanes of at least 4 members (excludes halogenated alkanes) is 1. The molecule has 4 atom stereocenters. The summed E-state index contributed by atoms with van der Waals surface area (Å²) in [5, 5.41) is 34.9. The van der Waals surface area contributed by atoms with Crippen molar-refractivity contribution in [2.75, 3.05) is 45.2 Å². The number of amides is 8. The molecule has 0 radical (unpaired) electrons. The number of carbonyl (C=O) groups is 8. The topological polar surface area (TPSA) is 304 Å². The van der Waals surface area contributed by atoms with Crippen LogP contribution in [0.15, 0.2) is 72.8 Å². The molecule has 0 spiro atoms. The summed E-state index contributed by atoms with van der Waals surface area (Å²) in [4.78, 5) is 106. The summed E-state index contributed by atoms with van der Waals surface area (Å²) < 4.78 is 0. The second kappa shape index (κ2) is 29.3. The first-order chi connectivity index (χ1) is 32.0. The minimum absolute atomic E-state index is 0.00787. The number of rotatable bonds is 29. The molecule has 0 heterocycles. The van der Waals surface area contributed by atoms with Gasteiger partial charge >= 0.3 is 0 Å². The van der Waals surface area contributed by atoms with Gasteiger partial charge in [-0.2, -0.15) is 0 Å². The van der Waals surface area contributed by atoms with Gasteiger partial charge in [0.25, 0.3) is 0 Å². The first kappa shape index (κ1) is 55.0. The Kier molecular flexibility index (Phi) is 24.1. The highest BCUT2D eigenvalue weighted by molar-refractivity contribution is 8.76. The van der Waals surface area contributed by atoms with Crippen molar-refractivity contribution in [1.82, 2.24) is 36.8 Å². The number of aryl methyl sites for hydroxylation is 2. The van der Waals surface area contributed by atoms with E-state index in [0.717, 1.165) is 16.9 Å². The van der Waals surface area contributed by atoms with Gasteiger partial charge in [-0.1, -0.05) is 77.0 Å². The predicted octanol–water partition coefficient (Wildman–Crippen LogP) is 0.334. The largest absolute Gasteiger partial charge is 0.508 e. The molecule has 3 aromatic carbocycles. The molecule has 0 saturated carbocycles. The highest BCUT2D eigenvalue weighted by Crippen LogP contribution is 2.19. The molecule has 0 bridgehead atoms. The fourth-order valence-electron chi connectivity index (χ4n) is 6.49. The van der Waals surface area contributed by atoms with Crippen molar-refractivity contribution >= 4 is 68.8 Å². The Morgan fingerprint density at radius 3 is 1.72 bits per heavy atom. The summed E-state index contributed by atoms with van der Waals surface area (Å²) in [7, 11) is 4.07. The Balaban J connectivity index is 1.61. The van der Waals surface area contributed by atoms with Gasteiger partial charge in [-0.25, -0.2) is 0 Å². The normalized spacial score (nSPS) is 12.6. The Bertz CT molecular complexity index is 2110. The summed E-state index contributed by atoms with van der Waals surface area (Å²) in [5.74, 6) is -5.12. The number of phenols is 2. The van der Waals surface area contributed by atoms with Crippen molar-refractivity contribution in [1.29, 1.82) is 0 Å². The molecule has 21 heteroatoms. The SMILES string of the molecule is CCc1ccc(CCC(=O)NC(CSSC)C(=O)NC(Cc2ccc(O)cc2)C(=O)NCC(=O)NC(CCCCN)C(=O)NCC(=O)N(C)CC(=O)NC(Cc2ccc(O)cc2)C(N)=O)cc1. The van der Waals surface area contributed by atoms with Crippen LogP contribution in [0.5, 0.6) is 11.5 Å². The average Bonchev–Trinajstić information content (AvgIpc) is 3.31. The maximum atomic E-state index is 13.7. The van der Waals surface area contributed by atoms with E-state index in [4.69, 9.17) is 11.5 Å². The molecule has 0 aromatic heterocycles. The van der Waals surface area contributed by atoms with Crippen LogP contribution in [-0.2, 0) is 64.0 Å². The van der Waals surface area contributed by atoms with E-state index in [-0.39, 0.29) is 48.8 Å². The average molecular weight is 966 g/mol. The van der Waals surface area contributed by atoms with Gasteiger partial charge < -0.3 is 58.5 Å². The lowest BCUT2D eigenvalue weighted by molar-refractivity contribution is -0.136. The Hall–Kier alpha value is -6.32. The van der Waals surface area contributed by atoms with Crippen LogP contribution in [0.3, 0.4) is 0 Å². The van der Waals surface area contributed by atoms with Crippen molar-refractivity contribution < 1.29 is 48.6 Å². The van der Waals surface area contributed by atoms with Crippen molar-refractivity contribution in [3.05, 3.63) is 95.1 Å². The van der Waals surface area contributed by atoms with Crippen molar-refractivity contribution in [3.63, 3.8) is 0 Å². The minimum Gasteiger partial charge on any atom is -0.508 e. The summed E-state index contributed by atoms with van der Waals surface area (Å²) >= 11 is 0. The van der Waals surface area contributed by atoms with E-state index in [0.29, 0.717) is 36.9 Å². The maximum Gasteiger partial charge on any atom is 0.244 e. The minimum atomic E-state index is -1.23. The van der Waals surface area contributed by atoms with Crippen LogP contribution < -0.4 is 43.4 Å². The van der Waals surface area contributed by atoms with Gasteiger partial charge in [-0.05, 0) is 91.4 Å². The van der Waals surface area contributed by atoms with Crippen LogP contribution >= 0.6 is 21.6 Å². The standard InChI is InChI=1S/C46H63N9O10S2/c1-4-29-8-10-30(11-9-29)16-21-39(58)53-38(28-67-66-3)46(65)54-37(24-32-14-19-34(57)20-15-32)45(64)49-25-40(59)51-35(7-5-6-22-47)44(63)50-26-42(61)55(2)27-41(60)52-36(43(48)62)23-31-12-17-33(56)18-13-31/h8-15,17-20,35-38,56-57H,4-7,16,21-28,47H2,1-3H3,(H2,48,62)(H,49,64)(H,50,63)(H,51,59)(H,52,60)(H,53,58)(H,54,65). The van der Waals surface area contributed by atoms with Crippen molar-refractivity contribution in [3.8, 4) is 11.5 Å². The zero-order valence-electron chi connectivity index (χ0n) is 38.0. The first-order valence-electron chi connectivity index (χ1n) is 21.8. The molecular formula is C46H63N9O10S2. The number of hydrogen-bond donors (Lipinski definition) is 10. The van der Waals surface area contributed by atoms with Gasteiger partial charge in [-0.3, -0.25) is 38.4 Å². The number of nitrogens with two attached hydrogens (primary N) is 2. The highest BCUT2D eigenvalue weighted by atomic mass is 33.1. The molecule has 4 unspecified atom stereocenters. The van der Waals surface area contributed by atoms with E-state index in [2.05, 4.69) is 38.8 Å². The smallest absolute Gasteiger partial charge is 0.244 e. The first-order valence-corrected chi connectivity index (χ1v) is 24.5. The van der Waals surface area contributed by atoms with Crippen LogP contribution in [0.1, 0.15) is 54.9 Å². The number of phenolic OH excluding ortho intramolecular Hbond substituents is 2. The Morgan fingerprint density at radius 2 is 1.15 bits per heavy atom. The lowest BCUT2D eigenvalue weighted by Crippen LogP contribution is -2.56. The molecule has 12 N–H and O–H groups in total. The lowest BCUT2D eigenvalue weighted by atomic mass is 10.0. The Morgan fingerprint density at radius 1 is 0.627 bits per heavy atom. The molecule has 8 amide bonds. The van der Waals surface area contributed by atoms with Gasteiger partial charge in [0.1, 0.15) is 35.7 Å². The fourth-order valence-corrected chi connectivity index (χ4v) is 7.81. The number of hydrogen-bond acceptors (Lipinski definition) is 13. The van der Waals surface area contributed by atoms with Crippen LogP contribution in [-0.4, -0.2) is 132 Å². The third kappa shape index (κ3) is 20.8. The summed E-state index contributed by atoms with van der Waals surface area (Å²) in [6.07, 6.45) is 4.41. The molecule has 0 aliphatic carbocycles. The maximum absolute atomic E-state index is 13.7. The molecule has 3 rings (SSSR count). The quantitative estimate of drug-likeness (QED) is 0.0332. The molecule has 19 nitrogen and oxygen atoms in total. The van der Waals surface area contributed by atoms with Gasteiger partial charge in [0.2, 0.25) is 47.3 Å². The monoisotopic (exact) mass is 965 g/mol. The molecule has 3 aromatic rings. The third-order valence-corrected chi connectivity index (χ3v) is 12.2. The lowest BCUT2D eigenvalue weighted by Gasteiger charge is -2.24. The summed E-state index contributed by atoms with van der Waals surface area (Å²) in [5.41, 5.74) is 14.5. The molecule has 0 aliphatic rings. The fraction of sp³-hybridized carbons (Fsp3) is 0.435. The number of likely N-dealkylation sites (N-methyl/N-ethyl adjacent to an activating group) is 1. The number of aromatic hydroxyl groups is 2. The van der Waals surface area contributed by atoms with Crippen LogP contribution in [0, 0.1) is 0 Å².